The van der Waals surface area contributed by atoms with E-state index in [0.717, 1.165) is 0 Å². The van der Waals surface area contributed by atoms with Crippen LogP contribution in [0.15, 0.2) is 0 Å². The largest absolute Gasteiger partial charge is 0.472 e. The van der Waals surface area contributed by atoms with Crippen molar-refractivity contribution in [3.05, 3.63) is 0 Å². The van der Waals surface area contributed by atoms with Gasteiger partial charge >= 0.3 is 7.82 Å². The lowest BCUT2D eigenvalue weighted by molar-refractivity contribution is 0.117. The molecule has 86 valence electrons. The van der Waals surface area contributed by atoms with Gasteiger partial charge in [-0.3, -0.25) is 9.05 Å². The minimum Gasteiger partial charge on any atom is -0.302 e. The normalized spacial score (nSPS) is 16.6. The molecular formula is C7H15BrClO4P. The van der Waals surface area contributed by atoms with Crippen molar-refractivity contribution in [3.63, 3.8) is 0 Å². The number of phosphoric ester groups is 1. The van der Waals surface area contributed by atoms with Crippen molar-refractivity contribution in [2.24, 2.45) is 5.41 Å². The maximum atomic E-state index is 11.2. The van der Waals surface area contributed by atoms with Crippen LogP contribution in [0.4, 0.5) is 0 Å². The molecule has 0 saturated heterocycles. The minimum absolute atomic E-state index is 0.00404. The van der Waals surface area contributed by atoms with Crippen molar-refractivity contribution in [1.82, 2.24) is 0 Å². The van der Waals surface area contributed by atoms with Crippen molar-refractivity contribution in [2.75, 3.05) is 24.4 Å². The van der Waals surface area contributed by atoms with Crippen LogP contribution in [-0.4, -0.2) is 29.3 Å². The summed E-state index contributed by atoms with van der Waals surface area (Å²) in [5, 5.41) is 0.676. The molecule has 0 aromatic carbocycles. The number of rotatable bonds is 7. The Morgan fingerprint density at radius 2 is 2.07 bits per heavy atom. The number of hydrogen-bond donors (Lipinski definition) is 1. The van der Waals surface area contributed by atoms with E-state index in [4.69, 9.17) is 21.0 Å². The zero-order valence-corrected chi connectivity index (χ0v) is 11.4. The summed E-state index contributed by atoms with van der Waals surface area (Å²) in [5.74, 6) is 0.162. The summed E-state index contributed by atoms with van der Waals surface area (Å²) >= 11 is 8.58. The molecule has 0 radical (unpaired) electrons. The summed E-state index contributed by atoms with van der Waals surface area (Å²) in [6.45, 7) is 3.96. The summed E-state index contributed by atoms with van der Waals surface area (Å²) < 4.78 is 20.5. The third-order valence-electron chi connectivity index (χ3n) is 1.31. The fourth-order valence-electron chi connectivity index (χ4n) is 0.482. The first-order valence-corrected chi connectivity index (χ1v) is 7.22. The van der Waals surface area contributed by atoms with E-state index in [9.17, 15) is 4.57 Å². The van der Waals surface area contributed by atoms with Gasteiger partial charge in [0.2, 0.25) is 0 Å². The van der Waals surface area contributed by atoms with Crippen molar-refractivity contribution < 1.29 is 18.5 Å². The molecule has 1 N–H and O–H groups in total. The Balaban J connectivity index is 3.92. The van der Waals surface area contributed by atoms with E-state index in [0.29, 0.717) is 5.33 Å². The molecule has 0 aliphatic carbocycles. The number of halogens is 2. The van der Waals surface area contributed by atoms with Gasteiger partial charge in [0, 0.05) is 11.2 Å². The summed E-state index contributed by atoms with van der Waals surface area (Å²) in [6.07, 6.45) is 0. The molecule has 0 fully saturated rings. The van der Waals surface area contributed by atoms with E-state index < -0.39 is 7.82 Å². The fourth-order valence-corrected chi connectivity index (χ4v) is 1.74. The summed E-state index contributed by atoms with van der Waals surface area (Å²) in [7, 11) is -3.92. The summed E-state index contributed by atoms with van der Waals surface area (Å²) in [4.78, 5) is 9.14. The van der Waals surface area contributed by atoms with Gasteiger partial charge in [0.25, 0.3) is 0 Å². The lowest BCUT2D eigenvalue weighted by atomic mass is 9.99. The summed E-state index contributed by atoms with van der Waals surface area (Å²) in [5.41, 5.74) is -0.206. The quantitative estimate of drug-likeness (QED) is 0.580. The van der Waals surface area contributed by atoms with Crippen LogP contribution in [-0.2, 0) is 13.6 Å². The average Bonchev–Trinajstić information content (AvgIpc) is 2.12. The van der Waals surface area contributed by atoms with Crippen LogP contribution in [0.1, 0.15) is 13.8 Å². The van der Waals surface area contributed by atoms with Gasteiger partial charge in [-0.2, -0.15) is 0 Å². The Kier molecular flexibility index (Phi) is 6.87. The van der Waals surface area contributed by atoms with Gasteiger partial charge in [0.15, 0.2) is 0 Å². The Morgan fingerprint density at radius 1 is 1.50 bits per heavy atom. The van der Waals surface area contributed by atoms with Crippen LogP contribution in [0.3, 0.4) is 0 Å². The Hall–Kier alpha value is 0.880. The van der Waals surface area contributed by atoms with Gasteiger partial charge in [-0.1, -0.05) is 29.8 Å². The van der Waals surface area contributed by atoms with Gasteiger partial charge < -0.3 is 4.89 Å². The molecule has 0 heterocycles. The van der Waals surface area contributed by atoms with Crippen LogP contribution in [0, 0.1) is 5.41 Å². The second-order valence-electron chi connectivity index (χ2n) is 3.56. The van der Waals surface area contributed by atoms with E-state index in [1.807, 2.05) is 13.8 Å². The number of alkyl halides is 2. The predicted octanol–water partition coefficient (Wildman–Crippen LogP) is 2.78. The van der Waals surface area contributed by atoms with Crippen molar-refractivity contribution in [2.45, 2.75) is 13.8 Å². The molecule has 0 aromatic rings. The first-order valence-electron chi connectivity index (χ1n) is 4.07. The van der Waals surface area contributed by atoms with Crippen LogP contribution in [0.2, 0.25) is 0 Å². The molecule has 0 aliphatic rings. The highest BCUT2D eigenvalue weighted by Gasteiger charge is 2.26. The van der Waals surface area contributed by atoms with E-state index in [1.54, 1.807) is 0 Å². The Bertz CT molecular complexity index is 212. The van der Waals surface area contributed by atoms with Crippen LogP contribution in [0.5, 0.6) is 0 Å². The SMILES string of the molecule is CC(C)(CBr)COP(=O)(O)OCCCl. The monoisotopic (exact) mass is 308 g/mol. The maximum Gasteiger partial charge on any atom is 0.472 e. The zero-order valence-electron chi connectivity index (χ0n) is 8.20. The van der Waals surface area contributed by atoms with E-state index in [1.165, 1.54) is 0 Å². The van der Waals surface area contributed by atoms with Crippen molar-refractivity contribution >= 4 is 35.4 Å². The number of hydrogen-bond acceptors (Lipinski definition) is 3. The molecule has 0 spiro atoms. The van der Waals surface area contributed by atoms with Crippen molar-refractivity contribution in [3.8, 4) is 0 Å². The highest BCUT2D eigenvalue weighted by molar-refractivity contribution is 9.09. The predicted molar refractivity (Wildman–Crippen MR) is 60.0 cm³/mol. The lowest BCUT2D eigenvalue weighted by Crippen LogP contribution is -2.20. The van der Waals surface area contributed by atoms with E-state index in [-0.39, 0.29) is 24.5 Å². The highest BCUT2D eigenvalue weighted by Crippen LogP contribution is 2.44. The Morgan fingerprint density at radius 3 is 2.50 bits per heavy atom. The molecule has 0 aliphatic heterocycles. The van der Waals surface area contributed by atoms with Crippen molar-refractivity contribution in [1.29, 1.82) is 0 Å². The molecule has 1 atom stereocenters. The Labute approximate surface area is 97.7 Å². The molecule has 1 unspecified atom stereocenters. The molecule has 0 bridgehead atoms. The number of phosphoric acid groups is 1. The van der Waals surface area contributed by atoms with Crippen LogP contribution < -0.4 is 0 Å². The highest BCUT2D eigenvalue weighted by atomic mass is 79.9. The third-order valence-corrected chi connectivity index (χ3v) is 3.95. The maximum absolute atomic E-state index is 11.2. The minimum atomic E-state index is -3.92. The molecule has 0 aromatic heterocycles. The lowest BCUT2D eigenvalue weighted by Gasteiger charge is -2.22. The van der Waals surface area contributed by atoms with Crippen LogP contribution in [0.25, 0.3) is 0 Å². The fraction of sp³-hybridized carbons (Fsp3) is 1.00. The van der Waals surface area contributed by atoms with Gasteiger partial charge in [0.1, 0.15) is 0 Å². The third kappa shape index (κ3) is 7.21. The summed E-state index contributed by atoms with van der Waals surface area (Å²) in [6, 6.07) is 0. The van der Waals surface area contributed by atoms with Gasteiger partial charge in [-0.05, 0) is 5.41 Å². The molecule has 0 amide bonds. The second-order valence-corrected chi connectivity index (χ2v) is 5.95. The van der Waals surface area contributed by atoms with Gasteiger partial charge in [-0.15, -0.1) is 11.6 Å². The molecular weight excluding hydrogens is 294 g/mol. The van der Waals surface area contributed by atoms with E-state index >= 15 is 0 Å². The van der Waals surface area contributed by atoms with E-state index in [2.05, 4.69) is 20.5 Å². The van der Waals surface area contributed by atoms with Gasteiger partial charge in [-0.25, -0.2) is 4.57 Å². The molecule has 7 heteroatoms. The first kappa shape index (κ1) is 14.9. The smallest absolute Gasteiger partial charge is 0.302 e. The van der Waals surface area contributed by atoms with Crippen LogP contribution >= 0.6 is 35.4 Å². The average molecular weight is 310 g/mol. The zero-order chi connectivity index (χ0) is 11.2. The molecule has 14 heavy (non-hydrogen) atoms. The molecule has 0 saturated carbocycles. The second kappa shape index (κ2) is 6.46. The molecule has 4 nitrogen and oxygen atoms in total. The molecule has 0 rings (SSSR count). The standard InChI is InChI=1S/C7H15BrClO4P/c1-7(2,5-8)6-13-14(10,11)12-4-3-9/h3-6H2,1-2H3,(H,10,11). The first-order chi connectivity index (χ1) is 6.33. The van der Waals surface area contributed by atoms with Gasteiger partial charge in [0.05, 0.1) is 13.2 Å². The topological polar surface area (TPSA) is 55.8 Å².